The van der Waals surface area contributed by atoms with Gasteiger partial charge in [-0.15, -0.1) is 0 Å². The highest BCUT2D eigenvalue weighted by molar-refractivity contribution is 6.06. The predicted molar refractivity (Wildman–Crippen MR) is 80.5 cm³/mol. The van der Waals surface area contributed by atoms with E-state index in [0.29, 0.717) is 11.1 Å². The number of carbonyl (C=O) groups is 1. The maximum absolute atomic E-state index is 13.0. The molecule has 0 unspecified atom stereocenters. The Morgan fingerprint density at radius 2 is 1.67 bits per heavy atom. The maximum Gasteiger partial charge on any atom is 0.185 e. The molecule has 21 heavy (non-hydrogen) atoms. The summed E-state index contributed by atoms with van der Waals surface area (Å²) in [6.07, 6.45) is 2.81. The highest BCUT2D eigenvalue weighted by Crippen LogP contribution is 2.14. The normalized spacial score (nSPS) is 10.9. The van der Waals surface area contributed by atoms with Gasteiger partial charge in [0.1, 0.15) is 0 Å². The molecule has 0 bridgehead atoms. The second-order valence-corrected chi connectivity index (χ2v) is 4.81. The molecule has 4 heteroatoms. The van der Waals surface area contributed by atoms with E-state index in [9.17, 15) is 13.6 Å². The predicted octanol–water partition coefficient (Wildman–Crippen LogP) is 3.93. The van der Waals surface area contributed by atoms with E-state index >= 15 is 0 Å². The van der Waals surface area contributed by atoms with Crippen LogP contribution in [0.25, 0.3) is 6.08 Å². The van der Waals surface area contributed by atoms with Crippen molar-refractivity contribution in [1.82, 2.24) is 0 Å². The van der Waals surface area contributed by atoms with E-state index in [1.165, 1.54) is 18.2 Å². The van der Waals surface area contributed by atoms with Crippen molar-refractivity contribution in [3.63, 3.8) is 0 Å². The molecule has 0 saturated carbocycles. The molecule has 0 radical (unpaired) electrons. The minimum atomic E-state index is -0.931. The fourth-order valence-electron chi connectivity index (χ4n) is 1.81. The summed E-state index contributed by atoms with van der Waals surface area (Å²) in [5.74, 6) is -2.03. The molecule has 0 amide bonds. The van der Waals surface area contributed by atoms with Gasteiger partial charge in [-0.3, -0.25) is 4.79 Å². The van der Waals surface area contributed by atoms with E-state index in [2.05, 4.69) is 0 Å². The number of hydrogen-bond donors (Lipinski definition) is 0. The Morgan fingerprint density at radius 3 is 2.24 bits per heavy atom. The second-order valence-electron chi connectivity index (χ2n) is 4.81. The number of benzene rings is 2. The standard InChI is InChI=1S/C17H15F2NO/c1-20(2)14-7-5-13(6-8-14)17(21)10-4-12-3-9-15(18)16(19)11-12/h3-11H,1-2H3. The fourth-order valence-corrected chi connectivity index (χ4v) is 1.81. The Balaban J connectivity index is 2.13. The first kappa shape index (κ1) is 14.9. The zero-order valence-corrected chi connectivity index (χ0v) is 11.8. The number of ketones is 1. The smallest absolute Gasteiger partial charge is 0.185 e. The molecule has 0 aliphatic carbocycles. The lowest BCUT2D eigenvalue weighted by Gasteiger charge is -2.11. The molecule has 0 aliphatic rings. The summed E-state index contributed by atoms with van der Waals surface area (Å²) < 4.78 is 25.8. The van der Waals surface area contributed by atoms with Gasteiger partial charge in [-0.2, -0.15) is 0 Å². The van der Waals surface area contributed by atoms with Gasteiger partial charge >= 0.3 is 0 Å². The third-order valence-electron chi connectivity index (χ3n) is 3.04. The molecule has 0 spiro atoms. The Hall–Kier alpha value is -2.49. The third-order valence-corrected chi connectivity index (χ3v) is 3.04. The molecule has 0 aliphatic heterocycles. The molecule has 2 nitrogen and oxygen atoms in total. The number of nitrogens with zero attached hydrogens (tertiary/aromatic N) is 1. The van der Waals surface area contributed by atoms with Crippen LogP contribution in [0.5, 0.6) is 0 Å². The quantitative estimate of drug-likeness (QED) is 0.627. The van der Waals surface area contributed by atoms with Crippen LogP contribution in [0.15, 0.2) is 48.5 Å². The largest absolute Gasteiger partial charge is 0.378 e. The number of rotatable bonds is 4. The van der Waals surface area contributed by atoms with Gasteiger partial charge in [0.05, 0.1) is 0 Å². The summed E-state index contributed by atoms with van der Waals surface area (Å²) in [6.45, 7) is 0. The summed E-state index contributed by atoms with van der Waals surface area (Å²) in [5.41, 5.74) is 1.97. The molecule has 0 heterocycles. The van der Waals surface area contributed by atoms with Crippen LogP contribution in [0, 0.1) is 11.6 Å². The van der Waals surface area contributed by atoms with Crippen LogP contribution in [0.3, 0.4) is 0 Å². The van der Waals surface area contributed by atoms with Gasteiger partial charge in [0, 0.05) is 25.3 Å². The van der Waals surface area contributed by atoms with Crippen LogP contribution < -0.4 is 4.90 Å². The van der Waals surface area contributed by atoms with Crippen molar-refractivity contribution in [3.8, 4) is 0 Å². The minimum absolute atomic E-state index is 0.190. The Bertz CT molecular complexity index is 676. The van der Waals surface area contributed by atoms with E-state index in [1.54, 1.807) is 12.1 Å². The zero-order valence-electron chi connectivity index (χ0n) is 11.8. The average molecular weight is 287 g/mol. The molecule has 0 atom stereocenters. The second kappa shape index (κ2) is 6.31. The Morgan fingerprint density at radius 1 is 1.00 bits per heavy atom. The fraction of sp³-hybridized carbons (Fsp3) is 0.118. The van der Waals surface area contributed by atoms with Gasteiger partial charge in [-0.05, 0) is 48.0 Å². The van der Waals surface area contributed by atoms with Gasteiger partial charge in [0.25, 0.3) is 0 Å². The van der Waals surface area contributed by atoms with Crippen molar-refractivity contribution in [2.24, 2.45) is 0 Å². The molecule has 108 valence electrons. The summed E-state index contributed by atoms with van der Waals surface area (Å²) >= 11 is 0. The first-order valence-corrected chi connectivity index (χ1v) is 6.42. The van der Waals surface area contributed by atoms with Gasteiger partial charge < -0.3 is 4.90 Å². The molecule has 0 aromatic heterocycles. The molecule has 2 aromatic carbocycles. The first-order chi connectivity index (χ1) is 9.97. The van der Waals surface area contributed by atoms with Crippen LogP contribution in [-0.2, 0) is 0 Å². The lowest BCUT2D eigenvalue weighted by atomic mass is 10.1. The van der Waals surface area contributed by atoms with E-state index in [-0.39, 0.29) is 5.78 Å². The lowest BCUT2D eigenvalue weighted by Crippen LogP contribution is -2.08. The van der Waals surface area contributed by atoms with Crippen LogP contribution in [0.4, 0.5) is 14.5 Å². The van der Waals surface area contributed by atoms with Crippen molar-refractivity contribution in [3.05, 3.63) is 71.3 Å². The molecular formula is C17H15F2NO. The van der Waals surface area contributed by atoms with Crippen LogP contribution in [0.2, 0.25) is 0 Å². The average Bonchev–Trinajstić information content (AvgIpc) is 2.48. The van der Waals surface area contributed by atoms with Gasteiger partial charge in [0.2, 0.25) is 0 Å². The van der Waals surface area contributed by atoms with Crippen molar-refractivity contribution in [2.75, 3.05) is 19.0 Å². The van der Waals surface area contributed by atoms with Crippen molar-refractivity contribution >= 4 is 17.5 Å². The molecule has 0 N–H and O–H groups in total. The minimum Gasteiger partial charge on any atom is -0.378 e. The third kappa shape index (κ3) is 3.75. The number of halogens is 2. The van der Waals surface area contributed by atoms with E-state index in [1.807, 2.05) is 31.1 Å². The first-order valence-electron chi connectivity index (χ1n) is 6.42. The van der Waals surface area contributed by atoms with Gasteiger partial charge in [-0.1, -0.05) is 12.1 Å². The van der Waals surface area contributed by atoms with E-state index in [0.717, 1.165) is 17.8 Å². The summed E-state index contributed by atoms with van der Waals surface area (Å²) in [7, 11) is 3.83. The number of allylic oxidation sites excluding steroid dienone is 1. The van der Waals surface area contributed by atoms with Crippen LogP contribution >= 0.6 is 0 Å². The highest BCUT2D eigenvalue weighted by Gasteiger charge is 2.04. The number of hydrogen-bond acceptors (Lipinski definition) is 2. The van der Waals surface area contributed by atoms with E-state index in [4.69, 9.17) is 0 Å². The molecular weight excluding hydrogens is 272 g/mol. The Labute approximate surface area is 122 Å². The summed E-state index contributed by atoms with van der Waals surface area (Å²) in [4.78, 5) is 13.9. The zero-order chi connectivity index (χ0) is 15.4. The molecule has 0 fully saturated rings. The SMILES string of the molecule is CN(C)c1ccc(C(=O)C=Cc2ccc(F)c(F)c2)cc1. The Kier molecular flexibility index (Phi) is 4.48. The maximum atomic E-state index is 13.0. The van der Waals surface area contributed by atoms with Crippen LogP contribution in [0.1, 0.15) is 15.9 Å². The van der Waals surface area contributed by atoms with E-state index < -0.39 is 11.6 Å². The molecule has 2 rings (SSSR count). The molecule has 0 saturated heterocycles. The highest BCUT2D eigenvalue weighted by atomic mass is 19.2. The summed E-state index contributed by atoms with van der Waals surface area (Å²) in [5, 5.41) is 0. The van der Waals surface area contributed by atoms with Crippen LogP contribution in [-0.4, -0.2) is 19.9 Å². The van der Waals surface area contributed by atoms with Crippen molar-refractivity contribution in [1.29, 1.82) is 0 Å². The number of carbonyl (C=O) groups excluding carboxylic acids is 1. The summed E-state index contributed by atoms with van der Waals surface area (Å²) in [6, 6.07) is 10.6. The topological polar surface area (TPSA) is 20.3 Å². The van der Waals surface area contributed by atoms with Crippen molar-refractivity contribution < 1.29 is 13.6 Å². The lowest BCUT2D eigenvalue weighted by molar-refractivity contribution is 0.104. The van der Waals surface area contributed by atoms with Gasteiger partial charge in [0.15, 0.2) is 17.4 Å². The monoisotopic (exact) mass is 287 g/mol. The number of anilines is 1. The molecule has 2 aromatic rings. The van der Waals surface area contributed by atoms with Gasteiger partial charge in [-0.25, -0.2) is 8.78 Å². The van der Waals surface area contributed by atoms with Crippen molar-refractivity contribution in [2.45, 2.75) is 0 Å².